The van der Waals surface area contributed by atoms with Crippen molar-refractivity contribution in [3.05, 3.63) is 53.6 Å². The van der Waals surface area contributed by atoms with E-state index in [2.05, 4.69) is 5.32 Å². The van der Waals surface area contributed by atoms with Gasteiger partial charge >= 0.3 is 0 Å². The van der Waals surface area contributed by atoms with Crippen LogP contribution in [0.25, 0.3) is 11.1 Å². The molecule has 86 valence electrons. The Hall–Kier alpha value is -1.90. The van der Waals surface area contributed by atoms with Gasteiger partial charge < -0.3 is 5.32 Å². The zero-order chi connectivity index (χ0) is 11.8. The van der Waals surface area contributed by atoms with E-state index < -0.39 is 11.6 Å². The number of benzene rings is 2. The molecule has 0 bridgehead atoms. The summed E-state index contributed by atoms with van der Waals surface area (Å²) >= 11 is 0. The van der Waals surface area contributed by atoms with Crippen LogP contribution in [-0.4, -0.2) is 6.54 Å². The molecule has 17 heavy (non-hydrogen) atoms. The second-order valence-corrected chi connectivity index (χ2v) is 4.21. The number of hydrogen-bond acceptors (Lipinski definition) is 1. The molecule has 1 heterocycles. The number of hydrogen-bond donors (Lipinski definition) is 1. The maximum Gasteiger partial charge on any atom is 0.126 e. The topological polar surface area (TPSA) is 12.0 Å². The summed E-state index contributed by atoms with van der Waals surface area (Å²) in [6.45, 7) is 0.927. The van der Waals surface area contributed by atoms with Gasteiger partial charge in [-0.15, -0.1) is 0 Å². The van der Waals surface area contributed by atoms with Gasteiger partial charge in [0.1, 0.15) is 11.6 Å². The summed E-state index contributed by atoms with van der Waals surface area (Å²) in [5, 5.41) is 3.25. The van der Waals surface area contributed by atoms with Crippen LogP contribution < -0.4 is 5.32 Å². The molecule has 1 aliphatic rings. The van der Waals surface area contributed by atoms with Crippen LogP contribution in [0.1, 0.15) is 5.56 Å². The highest BCUT2D eigenvalue weighted by Crippen LogP contribution is 2.29. The maximum atomic E-state index is 13.1. The largest absolute Gasteiger partial charge is 0.384 e. The van der Waals surface area contributed by atoms with Crippen LogP contribution in [0.5, 0.6) is 0 Å². The fourth-order valence-corrected chi connectivity index (χ4v) is 2.20. The molecule has 1 nitrogen and oxygen atoms in total. The molecule has 0 saturated carbocycles. The molecule has 2 aromatic carbocycles. The number of halogens is 2. The van der Waals surface area contributed by atoms with Gasteiger partial charge in [-0.25, -0.2) is 8.78 Å². The van der Waals surface area contributed by atoms with Crippen LogP contribution in [0.4, 0.5) is 14.5 Å². The van der Waals surface area contributed by atoms with Gasteiger partial charge in [0.2, 0.25) is 0 Å². The minimum Gasteiger partial charge on any atom is -0.384 e. The van der Waals surface area contributed by atoms with Gasteiger partial charge in [-0.2, -0.15) is 0 Å². The third-order valence-electron chi connectivity index (χ3n) is 3.01. The lowest BCUT2D eigenvalue weighted by atomic mass is 10.0. The summed E-state index contributed by atoms with van der Waals surface area (Å²) in [5.74, 6) is -1.09. The lowest BCUT2D eigenvalue weighted by Gasteiger charge is -2.05. The molecule has 0 amide bonds. The Morgan fingerprint density at radius 2 is 1.65 bits per heavy atom. The highest BCUT2D eigenvalue weighted by Gasteiger charge is 2.11. The first kappa shape index (κ1) is 10.3. The second kappa shape index (κ2) is 3.84. The first-order valence-electron chi connectivity index (χ1n) is 5.56. The van der Waals surface area contributed by atoms with Crippen molar-refractivity contribution in [3.8, 4) is 11.1 Å². The van der Waals surface area contributed by atoms with Crippen LogP contribution in [0.15, 0.2) is 36.4 Å². The third-order valence-corrected chi connectivity index (χ3v) is 3.01. The molecule has 0 aromatic heterocycles. The first-order valence-corrected chi connectivity index (χ1v) is 5.56. The highest BCUT2D eigenvalue weighted by atomic mass is 19.1. The molecule has 0 saturated heterocycles. The van der Waals surface area contributed by atoms with Crippen molar-refractivity contribution in [3.63, 3.8) is 0 Å². The predicted molar refractivity (Wildman–Crippen MR) is 64.0 cm³/mol. The fraction of sp³-hybridized carbons (Fsp3) is 0.143. The van der Waals surface area contributed by atoms with Gasteiger partial charge in [0, 0.05) is 18.3 Å². The quantitative estimate of drug-likeness (QED) is 0.790. The zero-order valence-corrected chi connectivity index (χ0v) is 9.13. The highest BCUT2D eigenvalue weighted by molar-refractivity contribution is 5.70. The molecule has 0 unspecified atom stereocenters. The Morgan fingerprint density at radius 3 is 2.41 bits per heavy atom. The normalized spacial score (nSPS) is 13.3. The number of rotatable bonds is 1. The average molecular weight is 231 g/mol. The number of fused-ring (bicyclic) bond motifs is 1. The van der Waals surface area contributed by atoms with Gasteiger partial charge in [-0.05, 0) is 47.4 Å². The zero-order valence-electron chi connectivity index (χ0n) is 9.13. The standard InChI is InChI=1S/C14H11F2N/c15-12-6-11(7-13(16)8-12)9-1-2-14-10(5-9)3-4-17-14/h1-2,5-8,17H,3-4H2. The Balaban J connectivity index is 2.09. The van der Waals surface area contributed by atoms with Crippen LogP contribution in [0.2, 0.25) is 0 Å². The molecule has 0 fully saturated rings. The van der Waals surface area contributed by atoms with Gasteiger partial charge in [0.15, 0.2) is 0 Å². The van der Waals surface area contributed by atoms with E-state index in [0.717, 1.165) is 30.3 Å². The molecule has 0 spiro atoms. The number of nitrogens with one attached hydrogen (secondary N) is 1. The predicted octanol–water partition coefficient (Wildman–Crippen LogP) is 3.60. The van der Waals surface area contributed by atoms with Crippen LogP contribution in [0.3, 0.4) is 0 Å². The molecule has 1 N–H and O–H groups in total. The van der Waals surface area contributed by atoms with Gasteiger partial charge in [0.25, 0.3) is 0 Å². The van der Waals surface area contributed by atoms with Crippen molar-refractivity contribution in [2.24, 2.45) is 0 Å². The summed E-state index contributed by atoms with van der Waals surface area (Å²) in [7, 11) is 0. The van der Waals surface area contributed by atoms with Crippen molar-refractivity contribution in [2.75, 3.05) is 11.9 Å². The molecular formula is C14H11F2N. The van der Waals surface area contributed by atoms with Gasteiger partial charge in [-0.1, -0.05) is 6.07 Å². The molecule has 1 aliphatic heterocycles. The Bertz CT molecular complexity index is 558. The molecule has 0 radical (unpaired) electrons. The molecule has 2 aromatic rings. The van der Waals surface area contributed by atoms with Gasteiger partial charge in [0.05, 0.1) is 0 Å². The van der Waals surface area contributed by atoms with E-state index >= 15 is 0 Å². The molecule has 3 heteroatoms. The van der Waals surface area contributed by atoms with Crippen molar-refractivity contribution in [1.82, 2.24) is 0 Å². The molecular weight excluding hydrogens is 220 g/mol. The molecule has 3 rings (SSSR count). The van der Waals surface area contributed by atoms with Crippen molar-refractivity contribution >= 4 is 5.69 Å². The summed E-state index contributed by atoms with van der Waals surface area (Å²) in [6.07, 6.45) is 0.959. The van der Waals surface area contributed by atoms with E-state index in [0.29, 0.717) is 5.56 Å². The fourth-order valence-electron chi connectivity index (χ4n) is 2.20. The first-order chi connectivity index (χ1) is 8.22. The van der Waals surface area contributed by atoms with E-state index in [1.807, 2.05) is 18.2 Å². The van der Waals surface area contributed by atoms with Crippen LogP contribution in [0, 0.1) is 11.6 Å². The summed E-state index contributed by atoms with van der Waals surface area (Å²) < 4.78 is 26.3. The average Bonchev–Trinajstić information content (AvgIpc) is 2.74. The Morgan fingerprint density at radius 1 is 0.882 bits per heavy atom. The molecule has 0 aliphatic carbocycles. The second-order valence-electron chi connectivity index (χ2n) is 4.21. The smallest absolute Gasteiger partial charge is 0.126 e. The maximum absolute atomic E-state index is 13.1. The minimum atomic E-state index is -0.543. The Kier molecular flexibility index (Phi) is 2.32. The van der Waals surface area contributed by atoms with Crippen LogP contribution >= 0.6 is 0 Å². The summed E-state index contributed by atoms with van der Waals surface area (Å²) in [6, 6.07) is 9.42. The Labute approximate surface area is 98.1 Å². The molecule has 0 atom stereocenters. The monoisotopic (exact) mass is 231 g/mol. The van der Waals surface area contributed by atoms with E-state index in [1.54, 1.807) is 0 Å². The van der Waals surface area contributed by atoms with E-state index in [-0.39, 0.29) is 0 Å². The minimum absolute atomic E-state index is 0.543. The lowest BCUT2D eigenvalue weighted by Crippen LogP contribution is -1.90. The summed E-state index contributed by atoms with van der Waals surface area (Å²) in [5.41, 5.74) is 3.75. The lowest BCUT2D eigenvalue weighted by molar-refractivity contribution is 0.584. The van der Waals surface area contributed by atoms with Crippen molar-refractivity contribution < 1.29 is 8.78 Å². The van der Waals surface area contributed by atoms with Gasteiger partial charge in [-0.3, -0.25) is 0 Å². The van der Waals surface area contributed by atoms with E-state index in [4.69, 9.17) is 0 Å². The van der Waals surface area contributed by atoms with Crippen LogP contribution in [-0.2, 0) is 6.42 Å². The number of anilines is 1. The van der Waals surface area contributed by atoms with E-state index in [1.165, 1.54) is 17.7 Å². The van der Waals surface area contributed by atoms with E-state index in [9.17, 15) is 8.78 Å². The SMILES string of the molecule is Fc1cc(F)cc(-c2ccc3c(c2)CCN3)c1. The van der Waals surface area contributed by atoms with Crippen molar-refractivity contribution in [2.45, 2.75) is 6.42 Å². The van der Waals surface area contributed by atoms with Crippen molar-refractivity contribution in [1.29, 1.82) is 0 Å². The third kappa shape index (κ3) is 1.88. The summed E-state index contributed by atoms with van der Waals surface area (Å²) in [4.78, 5) is 0.